The average molecular weight is 210 g/mol. The Bertz CT molecular complexity index is 179. The van der Waals surface area contributed by atoms with Crippen LogP contribution < -0.4 is 0 Å². The van der Waals surface area contributed by atoms with Crippen LogP contribution in [0.4, 0.5) is 26.3 Å². The fourth-order valence-electron chi connectivity index (χ4n) is 0.516. The van der Waals surface area contributed by atoms with E-state index in [-0.39, 0.29) is 0 Å². The Kier molecular flexibility index (Phi) is 2.93. The maximum absolute atomic E-state index is 12.5. The van der Waals surface area contributed by atoms with Gasteiger partial charge in [0.05, 0.1) is 0 Å². The van der Waals surface area contributed by atoms with E-state index in [0.29, 0.717) is 13.8 Å². The highest BCUT2D eigenvalue weighted by molar-refractivity contribution is 4.94. The van der Waals surface area contributed by atoms with Crippen molar-refractivity contribution in [2.24, 2.45) is 0 Å². The zero-order valence-electron chi connectivity index (χ0n) is 6.79. The molecule has 0 unspecified atom stereocenters. The van der Waals surface area contributed by atoms with Crippen molar-refractivity contribution >= 4 is 0 Å². The van der Waals surface area contributed by atoms with Crippen LogP contribution in [0.1, 0.15) is 13.8 Å². The van der Waals surface area contributed by atoms with Gasteiger partial charge in [0.15, 0.2) is 0 Å². The number of hydrogen-bond donors (Lipinski definition) is 1. The molecule has 1 atom stereocenters. The zero-order chi connectivity index (χ0) is 11.1. The summed E-state index contributed by atoms with van der Waals surface area (Å²) in [6, 6.07) is 0. The molecule has 0 aromatic carbocycles. The van der Waals surface area contributed by atoms with Gasteiger partial charge in [-0.3, -0.25) is 0 Å². The maximum atomic E-state index is 12.5. The predicted molar refractivity (Wildman–Crippen MR) is 32.2 cm³/mol. The van der Waals surface area contributed by atoms with E-state index >= 15 is 0 Å². The molecule has 0 aromatic heterocycles. The summed E-state index contributed by atoms with van der Waals surface area (Å²) < 4.78 is 71.6. The first-order chi connectivity index (χ1) is 5.40. The van der Waals surface area contributed by atoms with Crippen LogP contribution in [0.5, 0.6) is 0 Å². The Morgan fingerprint density at radius 1 is 1.00 bits per heavy atom. The third-order valence-electron chi connectivity index (χ3n) is 1.42. The van der Waals surface area contributed by atoms with Crippen LogP contribution in [-0.2, 0) is 0 Å². The molecule has 0 radical (unpaired) electrons. The van der Waals surface area contributed by atoms with Gasteiger partial charge in [0.25, 0.3) is 6.17 Å². The third-order valence-corrected chi connectivity index (χ3v) is 1.42. The average Bonchev–Trinajstić information content (AvgIpc) is 1.81. The fourth-order valence-corrected chi connectivity index (χ4v) is 0.516. The Hall–Kier alpha value is -0.460. The predicted octanol–water partition coefficient (Wildman–Crippen LogP) is 2.29. The van der Waals surface area contributed by atoms with Crippen LogP contribution >= 0.6 is 0 Å². The minimum absolute atomic E-state index is 0.408. The molecule has 0 spiro atoms. The molecule has 0 aromatic rings. The number of hydrogen-bond acceptors (Lipinski definition) is 1. The number of halogens is 6. The second-order valence-electron chi connectivity index (χ2n) is 3.09. The monoisotopic (exact) mass is 210 g/mol. The first-order valence-corrected chi connectivity index (χ1v) is 3.21. The van der Waals surface area contributed by atoms with Gasteiger partial charge in [-0.05, 0) is 13.8 Å². The van der Waals surface area contributed by atoms with E-state index in [1.54, 1.807) is 0 Å². The van der Waals surface area contributed by atoms with Gasteiger partial charge in [-0.2, -0.15) is 22.0 Å². The largest absolute Gasteiger partial charge is 0.425 e. The van der Waals surface area contributed by atoms with E-state index in [4.69, 9.17) is 5.11 Å². The molecule has 0 heterocycles. The van der Waals surface area contributed by atoms with Crippen LogP contribution in [0, 0.1) is 0 Å². The van der Waals surface area contributed by atoms with E-state index in [1.165, 1.54) is 0 Å². The van der Waals surface area contributed by atoms with E-state index in [2.05, 4.69) is 0 Å². The summed E-state index contributed by atoms with van der Waals surface area (Å²) in [6.45, 7) is 0.816. The van der Waals surface area contributed by atoms with Gasteiger partial charge in [-0.15, -0.1) is 0 Å². The SMILES string of the molecule is CC(C)(O)C(F)(F)[C@H](F)C(F)(F)F. The van der Waals surface area contributed by atoms with Gasteiger partial charge in [-0.1, -0.05) is 0 Å². The lowest BCUT2D eigenvalue weighted by molar-refractivity contribution is -0.286. The Morgan fingerprint density at radius 2 is 1.31 bits per heavy atom. The van der Waals surface area contributed by atoms with Crippen molar-refractivity contribution in [1.82, 2.24) is 0 Å². The minimum atomic E-state index is -5.68. The summed E-state index contributed by atoms with van der Waals surface area (Å²) in [4.78, 5) is 0. The van der Waals surface area contributed by atoms with E-state index in [9.17, 15) is 26.3 Å². The van der Waals surface area contributed by atoms with Crippen molar-refractivity contribution in [1.29, 1.82) is 0 Å². The van der Waals surface area contributed by atoms with Crippen LogP contribution in [-0.4, -0.2) is 29.0 Å². The second kappa shape index (κ2) is 3.04. The second-order valence-corrected chi connectivity index (χ2v) is 3.09. The molecule has 0 aliphatic rings. The van der Waals surface area contributed by atoms with E-state index < -0.39 is 23.9 Å². The van der Waals surface area contributed by atoms with Crippen LogP contribution in [0.3, 0.4) is 0 Å². The normalized spacial score (nSPS) is 17.3. The summed E-state index contributed by atoms with van der Waals surface area (Å²) in [6.07, 6.45) is -10.0. The van der Waals surface area contributed by atoms with Crippen LogP contribution in [0.2, 0.25) is 0 Å². The van der Waals surface area contributed by atoms with Gasteiger partial charge in [0.1, 0.15) is 5.60 Å². The molecule has 0 fully saturated rings. The lowest BCUT2D eigenvalue weighted by atomic mass is 9.96. The first kappa shape index (κ1) is 12.5. The Labute approximate surface area is 70.4 Å². The standard InChI is InChI=1S/C6H8F6O/c1-4(2,13)5(8,9)3(7)6(10,11)12/h3,13H,1-2H3/t3-/m0/s1. The van der Waals surface area contributed by atoms with Gasteiger partial charge < -0.3 is 5.11 Å². The van der Waals surface area contributed by atoms with Crippen LogP contribution in [0.15, 0.2) is 0 Å². The molecule has 0 aliphatic carbocycles. The quantitative estimate of drug-likeness (QED) is 0.693. The molecular weight excluding hydrogens is 202 g/mol. The molecule has 0 aliphatic heterocycles. The summed E-state index contributed by atoms with van der Waals surface area (Å²) in [5.41, 5.74) is -3.05. The van der Waals surface area contributed by atoms with Gasteiger partial charge in [0.2, 0.25) is 0 Å². The summed E-state index contributed by atoms with van der Waals surface area (Å²) in [7, 11) is 0. The topological polar surface area (TPSA) is 20.2 Å². The molecular formula is C6H8F6O. The molecule has 7 heteroatoms. The zero-order valence-corrected chi connectivity index (χ0v) is 6.79. The Morgan fingerprint density at radius 3 is 1.38 bits per heavy atom. The molecule has 0 saturated carbocycles. The summed E-state index contributed by atoms with van der Waals surface area (Å²) in [5, 5.41) is 8.59. The highest BCUT2D eigenvalue weighted by Gasteiger charge is 2.63. The molecule has 1 nitrogen and oxygen atoms in total. The van der Waals surface area contributed by atoms with Crippen molar-refractivity contribution in [3.8, 4) is 0 Å². The molecule has 0 amide bonds. The maximum Gasteiger partial charge on any atom is 0.425 e. The van der Waals surface area contributed by atoms with E-state index in [0.717, 1.165) is 0 Å². The fraction of sp³-hybridized carbons (Fsp3) is 1.00. The minimum Gasteiger partial charge on any atom is -0.384 e. The lowest BCUT2D eigenvalue weighted by Crippen LogP contribution is -2.54. The van der Waals surface area contributed by atoms with Gasteiger partial charge in [-0.25, -0.2) is 4.39 Å². The first-order valence-electron chi connectivity index (χ1n) is 3.21. The lowest BCUT2D eigenvalue weighted by Gasteiger charge is -2.32. The summed E-state index contributed by atoms with van der Waals surface area (Å²) >= 11 is 0. The third kappa shape index (κ3) is 2.49. The molecule has 1 N–H and O–H groups in total. The van der Waals surface area contributed by atoms with Crippen LogP contribution in [0.25, 0.3) is 0 Å². The molecule has 13 heavy (non-hydrogen) atoms. The number of aliphatic hydroxyl groups is 1. The molecule has 0 rings (SSSR count). The molecule has 0 bridgehead atoms. The smallest absolute Gasteiger partial charge is 0.384 e. The highest BCUT2D eigenvalue weighted by atomic mass is 19.4. The van der Waals surface area contributed by atoms with E-state index in [1.807, 2.05) is 0 Å². The molecule has 0 saturated heterocycles. The van der Waals surface area contributed by atoms with Crippen molar-refractivity contribution in [2.75, 3.05) is 0 Å². The molecule has 80 valence electrons. The number of alkyl halides is 6. The van der Waals surface area contributed by atoms with Crippen molar-refractivity contribution in [3.63, 3.8) is 0 Å². The Balaban J connectivity index is 4.86. The van der Waals surface area contributed by atoms with Gasteiger partial charge >= 0.3 is 12.1 Å². The number of rotatable bonds is 2. The highest BCUT2D eigenvalue weighted by Crippen LogP contribution is 2.41. The van der Waals surface area contributed by atoms with Crippen molar-refractivity contribution in [3.05, 3.63) is 0 Å². The summed E-state index contributed by atoms with van der Waals surface area (Å²) in [5.74, 6) is -4.86. The van der Waals surface area contributed by atoms with Gasteiger partial charge in [0, 0.05) is 0 Å². The van der Waals surface area contributed by atoms with Crippen molar-refractivity contribution < 1.29 is 31.4 Å². The van der Waals surface area contributed by atoms with Crippen molar-refractivity contribution in [2.45, 2.75) is 37.7 Å².